The maximum atomic E-state index is 6.02. The second-order valence-electron chi connectivity index (χ2n) is 3.88. The molecule has 0 atom stereocenters. The minimum Gasteiger partial charge on any atom is -0.367 e. The minimum absolute atomic E-state index is 0.397. The van der Waals surface area contributed by atoms with Crippen molar-refractivity contribution in [1.29, 1.82) is 0 Å². The van der Waals surface area contributed by atoms with Crippen LogP contribution in [0, 0.1) is 0 Å². The number of rotatable bonds is 5. The van der Waals surface area contributed by atoms with Crippen LogP contribution < -0.4 is 10.6 Å². The number of thioether (sulfide) groups is 1. The van der Waals surface area contributed by atoms with Crippen molar-refractivity contribution in [3.8, 4) is 0 Å². The summed E-state index contributed by atoms with van der Waals surface area (Å²) >= 11 is 7.93. The van der Waals surface area contributed by atoms with Gasteiger partial charge in [-0.3, -0.25) is 0 Å². The van der Waals surface area contributed by atoms with Crippen LogP contribution in [-0.2, 0) is 0 Å². The molecule has 2 N–H and O–H groups in total. The number of halogens is 1. The largest absolute Gasteiger partial charge is 0.367 e. The van der Waals surface area contributed by atoms with E-state index in [0.29, 0.717) is 21.5 Å². The van der Waals surface area contributed by atoms with E-state index < -0.39 is 0 Å². The van der Waals surface area contributed by atoms with E-state index in [-0.39, 0.29) is 0 Å². The van der Waals surface area contributed by atoms with Crippen molar-refractivity contribution < 1.29 is 0 Å². The molecule has 1 heterocycles. The van der Waals surface area contributed by atoms with Crippen molar-refractivity contribution in [2.45, 2.75) is 17.6 Å². The Bertz CT molecular complexity index is 381. The first-order valence-corrected chi connectivity index (χ1v) is 6.79. The van der Waals surface area contributed by atoms with Gasteiger partial charge in [0, 0.05) is 18.3 Å². The maximum absolute atomic E-state index is 6.02. The van der Waals surface area contributed by atoms with Crippen molar-refractivity contribution in [1.82, 2.24) is 9.97 Å². The summed E-state index contributed by atoms with van der Waals surface area (Å²) in [5.74, 6) is 1.29. The predicted octanol–water partition coefficient (Wildman–Crippen LogP) is 2.48. The molecule has 0 bridgehead atoms. The Morgan fingerprint density at radius 1 is 1.56 bits per heavy atom. The highest BCUT2D eigenvalue weighted by atomic mass is 35.5. The third-order valence-corrected chi connectivity index (χ3v) is 4.48. The topological polar surface area (TPSA) is 49.8 Å². The van der Waals surface area contributed by atoms with Crippen molar-refractivity contribution in [3.05, 3.63) is 11.2 Å². The molecule has 1 aliphatic carbocycles. The van der Waals surface area contributed by atoms with Gasteiger partial charge in [0.1, 0.15) is 5.02 Å². The summed E-state index contributed by atoms with van der Waals surface area (Å²) in [4.78, 5) is 8.32. The molecule has 1 fully saturated rings. The molecule has 1 aromatic heterocycles. The number of nitrogens with zero attached hydrogens (tertiary/aromatic N) is 2. The summed E-state index contributed by atoms with van der Waals surface area (Å²) in [6.07, 6.45) is 6.29. The van der Waals surface area contributed by atoms with Crippen LogP contribution in [-0.4, -0.2) is 34.6 Å². The Balaban J connectivity index is 2.03. The molecule has 1 saturated carbocycles. The molecule has 2 rings (SSSR count). The Labute approximate surface area is 105 Å². The number of hydrogen-bond donors (Lipinski definition) is 2. The summed E-state index contributed by atoms with van der Waals surface area (Å²) in [6.45, 7) is 0.911. The van der Waals surface area contributed by atoms with Gasteiger partial charge in [-0.2, -0.15) is 16.7 Å². The lowest BCUT2D eigenvalue weighted by molar-refractivity contribution is 0.937. The Kier molecular flexibility index (Phi) is 3.44. The second kappa shape index (κ2) is 4.67. The molecule has 6 heteroatoms. The fraction of sp³-hybridized carbons (Fsp3) is 0.600. The number of anilines is 2. The van der Waals surface area contributed by atoms with Gasteiger partial charge < -0.3 is 10.6 Å². The van der Waals surface area contributed by atoms with E-state index >= 15 is 0 Å². The van der Waals surface area contributed by atoms with Crippen molar-refractivity contribution in [2.75, 3.05) is 30.5 Å². The summed E-state index contributed by atoms with van der Waals surface area (Å²) in [5, 5.41) is 6.76. The highest BCUT2D eigenvalue weighted by molar-refractivity contribution is 8.00. The lowest BCUT2D eigenvalue weighted by atomic mass is 10.4. The number of hydrogen-bond acceptors (Lipinski definition) is 5. The van der Waals surface area contributed by atoms with E-state index in [2.05, 4.69) is 26.9 Å². The maximum Gasteiger partial charge on any atom is 0.224 e. The zero-order valence-corrected chi connectivity index (χ0v) is 11.0. The molecule has 0 radical (unpaired) electrons. The van der Waals surface area contributed by atoms with Gasteiger partial charge in [-0.25, -0.2) is 4.98 Å². The van der Waals surface area contributed by atoms with Crippen molar-refractivity contribution >= 4 is 35.1 Å². The molecule has 0 unspecified atom stereocenters. The van der Waals surface area contributed by atoms with Crippen molar-refractivity contribution in [2.24, 2.45) is 0 Å². The van der Waals surface area contributed by atoms with E-state index in [4.69, 9.17) is 11.6 Å². The lowest BCUT2D eigenvalue weighted by Crippen LogP contribution is -2.18. The van der Waals surface area contributed by atoms with Gasteiger partial charge in [0.25, 0.3) is 0 Å². The van der Waals surface area contributed by atoms with E-state index in [1.54, 1.807) is 13.2 Å². The zero-order chi connectivity index (χ0) is 11.6. The van der Waals surface area contributed by atoms with E-state index in [0.717, 1.165) is 6.54 Å². The molecule has 0 aliphatic heterocycles. The summed E-state index contributed by atoms with van der Waals surface area (Å²) in [7, 11) is 1.79. The zero-order valence-electron chi connectivity index (χ0n) is 9.38. The first-order chi connectivity index (χ1) is 7.69. The van der Waals surface area contributed by atoms with Crippen molar-refractivity contribution in [3.63, 3.8) is 0 Å². The van der Waals surface area contributed by atoms with Crippen LogP contribution in [0.25, 0.3) is 0 Å². The van der Waals surface area contributed by atoms with Gasteiger partial charge in [0.2, 0.25) is 5.95 Å². The van der Waals surface area contributed by atoms with Gasteiger partial charge >= 0.3 is 0 Å². The molecule has 4 nitrogen and oxygen atoms in total. The standard InChI is InChI=1S/C10H15ClN4S/c1-12-9-13-5-7(11)8(15-9)14-6-10(16-2)3-4-10/h5H,3-4,6H2,1-2H3,(H2,12,13,14,15). The highest BCUT2D eigenvalue weighted by Crippen LogP contribution is 2.47. The number of nitrogens with one attached hydrogen (secondary N) is 2. The van der Waals surface area contributed by atoms with Gasteiger partial charge in [-0.15, -0.1) is 0 Å². The monoisotopic (exact) mass is 258 g/mol. The van der Waals surface area contributed by atoms with Crippen LogP contribution in [0.3, 0.4) is 0 Å². The molecule has 1 aromatic rings. The van der Waals surface area contributed by atoms with Crippen LogP contribution in [0.1, 0.15) is 12.8 Å². The van der Waals surface area contributed by atoms with E-state index in [1.165, 1.54) is 12.8 Å². The van der Waals surface area contributed by atoms with Crippen LogP contribution >= 0.6 is 23.4 Å². The third-order valence-electron chi connectivity index (χ3n) is 2.79. The Morgan fingerprint density at radius 3 is 2.88 bits per heavy atom. The average Bonchev–Trinajstić information content (AvgIpc) is 3.09. The van der Waals surface area contributed by atoms with Crippen LogP contribution in [0.2, 0.25) is 5.02 Å². The SMILES string of the molecule is CNc1ncc(Cl)c(NCC2(SC)CC2)n1. The lowest BCUT2D eigenvalue weighted by Gasteiger charge is -2.14. The minimum atomic E-state index is 0.397. The molecule has 1 aliphatic rings. The number of aromatic nitrogens is 2. The molecule has 88 valence electrons. The third kappa shape index (κ3) is 2.52. The van der Waals surface area contributed by atoms with E-state index in [9.17, 15) is 0 Å². The Morgan fingerprint density at radius 2 is 2.31 bits per heavy atom. The van der Waals surface area contributed by atoms with Crippen LogP contribution in [0.4, 0.5) is 11.8 Å². The highest BCUT2D eigenvalue weighted by Gasteiger charge is 2.41. The van der Waals surface area contributed by atoms with E-state index in [1.807, 2.05) is 11.8 Å². The second-order valence-corrected chi connectivity index (χ2v) is 5.56. The fourth-order valence-electron chi connectivity index (χ4n) is 1.45. The fourth-order valence-corrected chi connectivity index (χ4v) is 2.33. The molecular weight excluding hydrogens is 244 g/mol. The first kappa shape index (κ1) is 11.8. The summed E-state index contributed by atoms with van der Waals surface area (Å²) in [5.41, 5.74) is 0. The summed E-state index contributed by atoms with van der Waals surface area (Å²) in [6, 6.07) is 0. The molecule has 0 spiro atoms. The molecule has 0 aromatic carbocycles. The van der Waals surface area contributed by atoms with Gasteiger partial charge in [-0.05, 0) is 19.1 Å². The molecule has 0 amide bonds. The van der Waals surface area contributed by atoms with Crippen LogP contribution in [0.5, 0.6) is 0 Å². The molecule has 16 heavy (non-hydrogen) atoms. The smallest absolute Gasteiger partial charge is 0.224 e. The van der Waals surface area contributed by atoms with Gasteiger partial charge in [0.15, 0.2) is 5.82 Å². The Hall–Kier alpha value is -0.680. The predicted molar refractivity (Wildman–Crippen MR) is 70.6 cm³/mol. The summed E-state index contributed by atoms with van der Waals surface area (Å²) < 4.78 is 0.397. The quantitative estimate of drug-likeness (QED) is 0.850. The van der Waals surface area contributed by atoms with Gasteiger partial charge in [-0.1, -0.05) is 11.6 Å². The average molecular weight is 259 g/mol. The first-order valence-electron chi connectivity index (χ1n) is 5.18. The molecule has 0 saturated heterocycles. The normalized spacial score (nSPS) is 16.9. The van der Waals surface area contributed by atoms with Crippen LogP contribution in [0.15, 0.2) is 6.20 Å². The van der Waals surface area contributed by atoms with Gasteiger partial charge in [0.05, 0.1) is 6.20 Å². The molecular formula is C10H15ClN4S.